The molecule has 5 nitrogen and oxygen atoms in total. The van der Waals surface area contributed by atoms with Gasteiger partial charge in [0.1, 0.15) is 24.6 Å². The van der Waals surface area contributed by atoms with Crippen molar-refractivity contribution in [2.24, 2.45) is 9.98 Å². The van der Waals surface area contributed by atoms with Crippen LogP contribution in [0.1, 0.15) is 18.3 Å². The van der Waals surface area contributed by atoms with Gasteiger partial charge < -0.3 is 9.47 Å². The Morgan fingerprint density at radius 1 is 1.18 bits per heavy atom. The number of rotatable bonds is 2. The van der Waals surface area contributed by atoms with E-state index < -0.39 is 0 Å². The Morgan fingerprint density at radius 3 is 2.65 bits per heavy atom. The van der Waals surface area contributed by atoms with Gasteiger partial charge in [-0.15, -0.1) is 0 Å². The van der Waals surface area contributed by atoms with Crippen LogP contribution in [0.2, 0.25) is 0 Å². The first-order valence-corrected chi connectivity index (χ1v) is 5.68. The van der Waals surface area contributed by atoms with Crippen LogP contribution in [0, 0.1) is 0 Å². The number of nitrogens with zero attached hydrogens (tertiary/aromatic N) is 3. The quantitative estimate of drug-likeness (QED) is 0.763. The van der Waals surface area contributed by atoms with Crippen molar-refractivity contribution in [2.45, 2.75) is 13.0 Å². The zero-order valence-electron chi connectivity index (χ0n) is 9.59. The lowest BCUT2D eigenvalue weighted by molar-refractivity contribution is 0.323. The van der Waals surface area contributed by atoms with Crippen molar-refractivity contribution in [1.82, 2.24) is 4.98 Å². The van der Waals surface area contributed by atoms with Gasteiger partial charge in [0.05, 0.1) is 12.6 Å². The number of hydrogen-bond donors (Lipinski definition) is 0. The molecule has 17 heavy (non-hydrogen) atoms. The summed E-state index contributed by atoms with van der Waals surface area (Å²) in [6.07, 6.45) is 0. The van der Waals surface area contributed by atoms with Gasteiger partial charge in [0.15, 0.2) is 0 Å². The molecule has 2 aliphatic rings. The van der Waals surface area contributed by atoms with E-state index in [0.717, 1.165) is 11.4 Å². The first-order valence-electron chi connectivity index (χ1n) is 5.68. The normalized spacial score (nSPS) is 22.8. The van der Waals surface area contributed by atoms with E-state index >= 15 is 0 Å². The Morgan fingerprint density at radius 2 is 2.00 bits per heavy atom. The fourth-order valence-electron chi connectivity index (χ4n) is 1.78. The Labute approximate surface area is 99.2 Å². The maximum atomic E-state index is 5.48. The molecular weight excluding hydrogens is 218 g/mol. The average molecular weight is 231 g/mol. The van der Waals surface area contributed by atoms with Gasteiger partial charge in [-0.2, -0.15) is 0 Å². The summed E-state index contributed by atoms with van der Waals surface area (Å²) in [5, 5.41) is 0. The van der Waals surface area contributed by atoms with Gasteiger partial charge in [0, 0.05) is 0 Å². The Bertz CT molecular complexity index is 496. The van der Waals surface area contributed by atoms with Gasteiger partial charge in [-0.05, 0) is 19.1 Å². The molecule has 0 spiro atoms. The summed E-state index contributed by atoms with van der Waals surface area (Å²) in [4.78, 5) is 13.1. The molecule has 2 aliphatic heterocycles. The van der Waals surface area contributed by atoms with Gasteiger partial charge in [0.25, 0.3) is 0 Å². The summed E-state index contributed by atoms with van der Waals surface area (Å²) < 4.78 is 10.9. The Kier molecular flexibility index (Phi) is 2.51. The van der Waals surface area contributed by atoms with Gasteiger partial charge in [-0.25, -0.2) is 15.0 Å². The minimum absolute atomic E-state index is 0.204. The molecule has 1 unspecified atom stereocenters. The number of aliphatic imine (C=N–C) groups is 2. The van der Waals surface area contributed by atoms with Gasteiger partial charge >= 0.3 is 0 Å². The van der Waals surface area contributed by atoms with E-state index in [-0.39, 0.29) is 6.04 Å². The van der Waals surface area contributed by atoms with E-state index in [9.17, 15) is 0 Å². The zero-order valence-corrected chi connectivity index (χ0v) is 9.59. The number of pyridine rings is 1. The van der Waals surface area contributed by atoms with Crippen LogP contribution in [0.3, 0.4) is 0 Å². The number of ether oxygens (including phenoxy) is 2. The van der Waals surface area contributed by atoms with Crippen LogP contribution >= 0.6 is 0 Å². The van der Waals surface area contributed by atoms with E-state index in [2.05, 4.69) is 15.0 Å². The maximum Gasteiger partial charge on any atom is 0.235 e. The van der Waals surface area contributed by atoms with Crippen LogP contribution in [-0.2, 0) is 9.47 Å². The summed E-state index contributed by atoms with van der Waals surface area (Å²) in [7, 11) is 0. The Balaban J connectivity index is 1.91. The van der Waals surface area contributed by atoms with Crippen LogP contribution in [0.5, 0.6) is 0 Å². The summed E-state index contributed by atoms with van der Waals surface area (Å²) in [6, 6.07) is 5.88. The molecule has 1 aromatic heterocycles. The second-order valence-corrected chi connectivity index (χ2v) is 4.04. The average Bonchev–Trinajstić information content (AvgIpc) is 3.00. The van der Waals surface area contributed by atoms with E-state index in [1.54, 1.807) is 0 Å². The fourth-order valence-corrected chi connectivity index (χ4v) is 1.78. The maximum absolute atomic E-state index is 5.48. The Hall–Kier alpha value is -1.91. The third kappa shape index (κ3) is 2.00. The third-order valence-electron chi connectivity index (χ3n) is 2.57. The van der Waals surface area contributed by atoms with E-state index in [0.29, 0.717) is 31.6 Å². The second kappa shape index (κ2) is 4.16. The van der Waals surface area contributed by atoms with E-state index in [1.165, 1.54) is 0 Å². The highest BCUT2D eigenvalue weighted by molar-refractivity contribution is 5.97. The molecule has 0 N–H and O–H groups in total. The van der Waals surface area contributed by atoms with Crippen molar-refractivity contribution in [3.63, 3.8) is 0 Å². The standard InChI is InChI=1S/C12H13N3O2/c1-8-7-17-12(14-8)10-4-2-3-9(15-10)11-13-5-6-16-11/h2-4,8H,5-7H2,1H3. The number of hydrogen-bond acceptors (Lipinski definition) is 5. The molecule has 1 aromatic rings. The van der Waals surface area contributed by atoms with Crippen molar-refractivity contribution >= 4 is 11.8 Å². The third-order valence-corrected chi connectivity index (χ3v) is 2.57. The highest BCUT2D eigenvalue weighted by atomic mass is 16.5. The molecule has 0 amide bonds. The molecule has 0 bridgehead atoms. The lowest BCUT2D eigenvalue weighted by atomic mass is 10.3. The molecule has 88 valence electrons. The largest absolute Gasteiger partial charge is 0.474 e. The SMILES string of the molecule is CC1COC(c2cccc(C3=NCCO3)n2)=N1. The van der Waals surface area contributed by atoms with Crippen LogP contribution in [0.4, 0.5) is 0 Å². The summed E-state index contributed by atoms with van der Waals surface area (Å²) in [6.45, 7) is 3.98. The predicted octanol–water partition coefficient (Wildman–Crippen LogP) is 1.02. The molecule has 0 saturated carbocycles. The van der Waals surface area contributed by atoms with Crippen molar-refractivity contribution in [1.29, 1.82) is 0 Å². The van der Waals surface area contributed by atoms with Crippen molar-refractivity contribution in [2.75, 3.05) is 19.8 Å². The lowest BCUT2D eigenvalue weighted by Crippen LogP contribution is -2.09. The summed E-state index contributed by atoms with van der Waals surface area (Å²) >= 11 is 0. The van der Waals surface area contributed by atoms with Gasteiger partial charge in [-0.1, -0.05) is 6.07 Å². The van der Waals surface area contributed by atoms with Crippen LogP contribution in [-0.4, -0.2) is 42.6 Å². The highest BCUT2D eigenvalue weighted by Crippen LogP contribution is 2.12. The lowest BCUT2D eigenvalue weighted by Gasteiger charge is -2.04. The van der Waals surface area contributed by atoms with Crippen LogP contribution < -0.4 is 0 Å². The molecule has 5 heteroatoms. The smallest absolute Gasteiger partial charge is 0.235 e. The molecule has 0 radical (unpaired) electrons. The first kappa shape index (κ1) is 10.3. The van der Waals surface area contributed by atoms with Crippen molar-refractivity contribution < 1.29 is 9.47 Å². The monoisotopic (exact) mass is 231 g/mol. The molecule has 3 rings (SSSR count). The molecule has 0 saturated heterocycles. The molecule has 0 fully saturated rings. The second-order valence-electron chi connectivity index (χ2n) is 4.04. The summed E-state index contributed by atoms with van der Waals surface area (Å²) in [5.74, 6) is 1.22. The van der Waals surface area contributed by atoms with Gasteiger partial charge in [0.2, 0.25) is 11.8 Å². The predicted molar refractivity (Wildman–Crippen MR) is 63.5 cm³/mol. The van der Waals surface area contributed by atoms with Crippen molar-refractivity contribution in [3.8, 4) is 0 Å². The molecule has 3 heterocycles. The topological polar surface area (TPSA) is 56.1 Å². The molecule has 1 atom stereocenters. The van der Waals surface area contributed by atoms with E-state index in [1.807, 2.05) is 25.1 Å². The molecule has 0 aromatic carbocycles. The highest BCUT2D eigenvalue weighted by Gasteiger charge is 2.19. The fraction of sp³-hybridized carbons (Fsp3) is 0.417. The van der Waals surface area contributed by atoms with Crippen LogP contribution in [0.15, 0.2) is 28.2 Å². The number of aromatic nitrogens is 1. The molecule has 0 aliphatic carbocycles. The minimum Gasteiger partial charge on any atom is -0.474 e. The zero-order chi connectivity index (χ0) is 11.7. The minimum atomic E-state index is 0.204. The van der Waals surface area contributed by atoms with E-state index in [4.69, 9.17) is 9.47 Å². The van der Waals surface area contributed by atoms with Gasteiger partial charge in [-0.3, -0.25) is 0 Å². The molecular formula is C12H13N3O2. The van der Waals surface area contributed by atoms with Crippen molar-refractivity contribution in [3.05, 3.63) is 29.6 Å². The van der Waals surface area contributed by atoms with Crippen LogP contribution in [0.25, 0.3) is 0 Å². The first-order chi connectivity index (χ1) is 8.33. The summed E-state index contributed by atoms with van der Waals surface area (Å²) in [5.41, 5.74) is 1.48.